The van der Waals surface area contributed by atoms with E-state index in [1.54, 1.807) is 0 Å². The summed E-state index contributed by atoms with van der Waals surface area (Å²) in [6, 6.07) is 0.157. The minimum Gasteiger partial charge on any atom is -0.151 e. The molecule has 0 aromatic heterocycles. The van der Waals surface area contributed by atoms with Gasteiger partial charge in [-0.1, -0.05) is 11.3 Å². The Morgan fingerprint density at radius 3 is 3.00 bits per heavy atom. The lowest BCUT2D eigenvalue weighted by atomic mass is 10.2. The van der Waals surface area contributed by atoms with Crippen molar-refractivity contribution < 1.29 is 0 Å². The second kappa shape index (κ2) is 3.49. The Balaban J connectivity index is 1.96. The van der Waals surface area contributed by atoms with E-state index in [9.17, 15) is 4.91 Å². The van der Waals surface area contributed by atoms with Crippen LogP contribution in [0.1, 0.15) is 25.7 Å². The standard InChI is InChI=1S/C8H13NO/c1-2-3-4-5-7-6-8(7)9-10/h2,7-8H,1,3-6H2/t7?,8-/m1/s1. The van der Waals surface area contributed by atoms with E-state index in [1.807, 2.05) is 6.08 Å². The van der Waals surface area contributed by atoms with Crippen LogP contribution in [-0.2, 0) is 0 Å². The molecule has 0 aromatic rings. The van der Waals surface area contributed by atoms with E-state index in [0.29, 0.717) is 5.92 Å². The van der Waals surface area contributed by atoms with Gasteiger partial charge in [0.25, 0.3) is 0 Å². The highest BCUT2D eigenvalue weighted by Crippen LogP contribution is 2.37. The quantitative estimate of drug-likeness (QED) is 0.327. The summed E-state index contributed by atoms with van der Waals surface area (Å²) in [6.45, 7) is 3.63. The van der Waals surface area contributed by atoms with E-state index in [-0.39, 0.29) is 6.04 Å². The first kappa shape index (κ1) is 7.45. The zero-order valence-corrected chi connectivity index (χ0v) is 6.12. The first-order valence-corrected chi connectivity index (χ1v) is 3.82. The van der Waals surface area contributed by atoms with Gasteiger partial charge in [-0.05, 0) is 31.6 Å². The van der Waals surface area contributed by atoms with Crippen molar-refractivity contribution in [2.24, 2.45) is 11.1 Å². The number of nitroso groups, excluding NO2 is 1. The first-order chi connectivity index (χ1) is 4.88. The number of nitrogens with zero attached hydrogens (tertiary/aromatic N) is 1. The highest BCUT2D eigenvalue weighted by molar-refractivity contribution is 4.92. The topological polar surface area (TPSA) is 29.4 Å². The van der Waals surface area contributed by atoms with Crippen LogP contribution in [0.25, 0.3) is 0 Å². The maximum atomic E-state index is 9.94. The van der Waals surface area contributed by atoms with Crippen molar-refractivity contribution in [3.63, 3.8) is 0 Å². The smallest absolute Gasteiger partial charge is 0.0952 e. The Morgan fingerprint density at radius 2 is 2.50 bits per heavy atom. The molecule has 0 bridgehead atoms. The van der Waals surface area contributed by atoms with E-state index >= 15 is 0 Å². The maximum Gasteiger partial charge on any atom is 0.0952 e. The summed E-state index contributed by atoms with van der Waals surface area (Å²) >= 11 is 0. The molecule has 1 saturated carbocycles. The zero-order valence-electron chi connectivity index (χ0n) is 6.12. The zero-order chi connectivity index (χ0) is 7.40. The van der Waals surface area contributed by atoms with E-state index in [0.717, 1.165) is 19.3 Å². The first-order valence-electron chi connectivity index (χ1n) is 3.82. The summed E-state index contributed by atoms with van der Waals surface area (Å²) in [5.74, 6) is 0.609. The number of rotatable bonds is 5. The molecule has 0 N–H and O–H groups in total. The molecule has 0 heterocycles. The molecule has 0 amide bonds. The van der Waals surface area contributed by atoms with Gasteiger partial charge in [0.05, 0.1) is 6.04 Å². The average Bonchev–Trinajstić information content (AvgIpc) is 2.68. The molecule has 0 saturated heterocycles. The van der Waals surface area contributed by atoms with Crippen LogP contribution >= 0.6 is 0 Å². The average molecular weight is 139 g/mol. The molecular formula is C8H13NO. The van der Waals surface area contributed by atoms with Gasteiger partial charge < -0.3 is 0 Å². The van der Waals surface area contributed by atoms with Crippen molar-refractivity contribution in [2.75, 3.05) is 0 Å². The van der Waals surface area contributed by atoms with Crippen LogP contribution in [0.15, 0.2) is 17.8 Å². The summed E-state index contributed by atoms with van der Waals surface area (Å²) in [5, 5.41) is 2.98. The van der Waals surface area contributed by atoms with Gasteiger partial charge in [0.15, 0.2) is 0 Å². The molecule has 1 aliphatic rings. The largest absolute Gasteiger partial charge is 0.151 e. The Bertz CT molecular complexity index is 133. The molecule has 1 unspecified atom stereocenters. The third kappa shape index (κ3) is 1.94. The number of hydrogen-bond acceptors (Lipinski definition) is 2. The van der Waals surface area contributed by atoms with E-state index in [4.69, 9.17) is 0 Å². The fourth-order valence-electron chi connectivity index (χ4n) is 1.20. The maximum absolute atomic E-state index is 9.94. The predicted octanol–water partition coefficient (Wildman–Crippen LogP) is 2.50. The van der Waals surface area contributed by atoms with Gasteiger partial charge in [-0.3, -0.25) is 0 Å². The van der Waals surface area contributed by atoms with Crippen molar-refractivity contribution in [2.45, 2.75) is 31.7 Å². The molecule has 1 aliphatic carbocycles. The monoisotopic (exact) mass is 139 g/mol. The third-order valence-corrected chi connectivity index (χ3v) is 2.00. The molecular weight excluding hydrogens is 126 g/mol. The molecule has 2 heteroatoms. The second-order valence-corrected chi connectivity index (χ2v) is 2.89. The van der Waals surface area contributed by atoms with Crippen LogP contribution in [0.2, 0.25) is 0 Å². The van der Waals surface area contributed by atoms with Gasteiger partial charge in [-0.15, -0.1) is 6.58 Å². The van der Waals surface area contributed by atoms with Gasteiger partial charge in [-0.2, -0.15) is 4.91 Å². The van der Waals surface area contributed by atoms with Crippen LogP contribution in [0.3, 0.4) is 0 Å². The van der Waals surface area contributed by atoms with Gasteiger partial charge in [0, 0.05) is 0 Å². The lowest BCUT2D eigenvalue weighted by Crippen LogP contribution is -1.82. The summed E-state index contributed by atoms with van der Waals surface area (Å²) < 4.78 is 0. The Kier molecular flexibility index (Phi) is 2.60. The Labute approximate surface area is 61.3 Å². The number of unbranched alkanes of at least 4 members (excludes halogenated alkanes) is 1. The fourth-order valence-corrected chi connectivity index (χ4v) is 1.20. The highest BCUT2D eigenvalue weighted by Gasteiger charge is 2.37. The number of allylic oxidation sites excluding steroid dienone is 1. The molecule has 1 fully saturated rings. The summed E-state index contributed by atoms with van der Waals surface area (Å²) in [4.78, 5) is 9.94. The molecule has 0 spiro atoms. The molecule has 2 atom stereocenters. The highest BCUT2D eigenvalue weighted by atomic mass is 16.3. The lowest BCUT2D eigenvalue weighted by molar-refractivity contribution is 0.655. The summed E-state index contributed by atoms with van der Waals surface area (Å²) in [7, 11) is 0. The summed E-state index contributed by atoms with van der Waals surface area (Å²) in [6.07, 6.45) is 6.34. The molecule has 0 aromatic carbocycles. The van der Waals surface area contributed by atoms with E-state index < -0.39 is 0 Å². The lowest BCUT2D eigenvalue weighted by Gasteiger charge is -1.91. The molecule has 0 radical (unpaired) electrons. The van der Waals surface area contributed by atoms with Crippen molar-refractivity contribution in [1.82, 2.24) is 0 Å². The van der Waals surface area contributed by atoms with E-state index in [1.165, 1.54) is 6.42 Å². The molecule has 0 aliphatic heterocycles. The van der Waals surface area contributed by atoms with Gasteiger partial charge >= 0.3 is 0 Å². The fraction of sp³-hybridized carbons (Fsp3) is 0.750. The van der Waals surface area contributed by atoms with Crippen molar-refractivity contribution >= 4 is 0 Å². The van der Waals surface area contributed by atoms with Gasteiger partial charge in [0.2, 0.25) is 0 Å². The third-order valence-electron chi connectivity index (χ3n) is 2.00. The second-order valence-electron chi connectivity index (χ2n) is 2.89. The minimum absolute atomic E-state index is 0.157. The minimum atomic E-state index is 0.157. The van der Waals surface area contributed by atoms with E-state index in [2.05, 4.69) is 11.8 Å². The molecule has 2 nitrogen and oxygen atoms in total. The Hall–Kier alpha value is -0.660. The van der Waals surface area contributed by atoms with Crippen LogP contribution < -0.4 is 0 Å². The van der Waals surface area contributed by atoms with Gasteiger partial charge in [0.1, 0.15) is 0 Å². The van der Waals surface area contributed by atoms with Crippen LogP contribution in [0.5, 0.6) is 0 Å². The molecule has 1 rings (SSSR count). The van der Waals surface area contributed by atoms with Crippen LogP contribution in [0.4, 0.5) is 0 Å². The normalized spacial score (nSPS) is 29.6. The van der Waals surface area contributed by atoms with Crippen molar-refractivity contribution in [3.8, 4) is 0 Å². The molecule has 10 heavy (non-hydrogen) atoms. The van der Waals surface area contributed by atoms with Crippen LogP contribution in [0, 0.1) is 10.8 Å². The van der Waals surface area contributed by atoms with Crippen molar-refractivity contribution in [1.29, 1.82) is 0 Å². The number of hydrogen-bond donors (Lipinski definition) is 0. The summed E-state index contributed by atoms with van der Waals surface area (Å²) in [5.41, 5.74) is 0. The van der Waals surface area contributed by atoms with Gasteiger partial charge in [-0.25, -0.2) is 0 Å². The van der Waals surface area contributed by atoms with Crippen molar-refractivity contribution in [3.05, 3.63) is 17.6 Å². The predicted molar refractivity (Wildman–Crippen MR) is 41.7 cm³/mol. The van der Waals surface area contributed by atoms with Crippen LogP contribution in [-0.4, -0.2) is 6.04 Å². The molecule has 56 valence electrons. The SMILES string of the molecule is C=CCCCC1C[C@H]1N=O. The Morgan fingerprint density at radius 1 is 1.70 bits per heavy atom.